The van der Waals surface area contributed by atoms with Crippen molar-refractivity contribution in [3.8, 4) is 28.4 Å². The molecule has 2 aromatic carbocycles. The van der Waals surface area contributed by atoms with Gasteiger partial charge in [0, 0.05) is 63.3 Å². The fraction of sp³-hybridized carbons (Fsp3) is 0.432. The molecule has 2 saturated heterocycles. The van der Waals surface area contributed by atoms with Gasteiger partial charge in [0.05, 0.1) is 55.9 Å². The Morgan fingerprint density at radius 3 is 2.40 bits per heavy atom. The highest BCUT2D eigenvalue weighted by Crippen LogP contribution is 2.43. The molecule has 3 aliphatic heterocycles. The first-order valence-corrected chi connectivity index (χ1v) is 20.2. The molecule has 0 bridgehead atoms. The van der Waals surface area contributed by atoms with Gasteiger partial charge in [0.25, 0.3) is 17.4 Å². The third-order valence-electron chi connectivity index (χ3n) is 12.4. The molecule has 0 radical (unpaired) electrons. The second-order valence-electron chi connectivity index (χ2n) is 15.9. The summed E-state index contributed by atoms with van der Waals surface area (Å²) >= 11 is 0. The summed E-state index contributed by atoms with van der Waals surface area (Å²) < 4.78 is 25.0. The lowest BCUT2D eigenvalue weighted by atomic mass is 9.96. The lowest BCUT2D eigenvalue weighted by Gasteiger charge is -2.31. The number of hydrogen-bond donors (Lipinski definition) is 1. The van der Waals surface area contributed by atoms with Crippen LogP contribution in [0, 0.1) is 11.8 Å². The van der Waals surface area contributed by atoms with Gasteiger partial charge in [-0.1, -0.05) is 0 Å². The number of aromatic nitrogens is 2. The number of rotatable bonds is 14. The summed E-state index contributed by atoms with van der Waals surface area (Å²) in [7, 11) is 7.14. The first-order chi connectivity index (χ1) is 29.0. The number of methoxy groups -OCH3 is 2. The van der Waals surface area contributed by atoms with Crippen molar-refractivity contribution >= 4 is 40.3 Å². The number of hydrogen-bond acceptors (Lipinski definition) is 12. The highest BCUT2D eigenvalue weighted by atomic mass is 16.5. The molecule has 314 valence electrons. The minimum Gasteiger partial charge on any atom is -0.496 e. The van der Waals surface area contributed by atoms with Crippen molar-refractivity contribution in [3.63, 3.8) is 0 Å². The van der Waals surface area contributed by atoms with Crippen LogP contribution < -0.4 is 25.1 Å². The van der Waals surface area contributed by atoms with E-state index < -0.39 is 29.7 Å². The maximum atomic E-state index is 13.3. The lowest BCUT2D eigenvalue weighted by Crippen LogP contribution is -2.54. The van der Waals surface area contributed by atoms with Gasteiger partial charge in [-0.15, -0.1) is 0 Å². The minimum atomic E-state index is -1.04. The summed E-state index contributed by atoms with van der Waals surface area (Å²) in [6.07, 6.45) is 7.54. The van der Waals surface area contributed by atoms with Crippen LogP contribution in [0.2, 0.25) is 0 Å². The van der Waals surface area contributed by atoms with Gasteiger partial charge < -0.3 is 28.4 Å². The predicted octanol–water partition coefficient (Wildman–Crippen LogP) is 3.17. The molecule has 60 heavy (non-hydrogen) atoms. The Bertz CT molecular complexity index is 2420. The van der Waals surface area contributed by atoms with E-state index in [-0.39, 0.29) is 67.7 Å². The van der Waals surface area contributed by atoms with Crippen LogP contribution in [-0.4, -0.2) is 120 Å². The van der Waals surface area contributed by atoms with Crippen LogP contribution in [-0.2, 0) is 32.7 Å². The first kappa shape index (κ1) is 40.6. The maximum Gasteiger partial charge on any atom is 0.262 e. The molecule has 16 heteroatoms. The molecule has 3 fully saturated rings. The predicted molar refractivity (Wildman–Crippen MR) is 218 cm³/mol. The third kappa shape index (κ3) is 7.60. The monoisotopic (exact) mass is 820 g/mol. The van der Waals surface area contributed by atoms with Crippen molar-refractivity contribution in [1.29, 1.82) is 0 Å². The number of fused-ring (bicyclic) bond motifs is 3. The Balaban J connectivity index is 0.820. The van der Waals surface area contributed by atoms with Crippen LogP contribution in [0.4, 0.5) is 0 Å². The van der Waals surface area contributed by atoms with Crippen molar-refractivity contribution < 1.29 is 42.9 Å². The van der Waals surface area contributed by atoms with Crippen LogP contribution in [0.15, 0.2) is 59.8 Å². The van der Waals surface area contributed by atoms with Gasteiger partial charge in [-0.3, -0.25) is 48.9 Å². The summed E-state index contributed by atoms with van der Waals surface area (Å²) in [6.45, 7) is 2.60. The molecule has 4 atom stereocenters. The molecule has 4 unspecified atom stereocenters. The number of amides is 5. The topological polar surface area (TPSA) is 179 Å². The maximum absolute atomic E-state index is 13.3. The molecule has 2 aromatic heterocycles. The molecule has 1 aliphatic carbocycles. The second kappa shape index (κ2) is 16.9. The van der Waals surface area contributed by atoms with Crippen LogP contribution in [0.3, 0.4) is 0 Å². The Morgan fingerprint density at radius 2 is 1.65 bits per heavy atom. The molecule has 8 rings (SSSR count). The van der Waals surface area contributed by atoms with E-state index in [9.17, 15) is 28.8 Å². The number of aryl methyl sites for hydroxylation is 1. The van der Waals surface area contributed by atoms with E-state index in [4.69, 9.17) is 18.9 Å². The van der Waals surface area contributed by atoms with E-state index in [0.29, 0.717) is 47.6 Å². The van der Waals surface area contributed by atoms with Gasteiger partial charge in [0.2, 0.25) is 17.7 Å². The number of likely N-dealkylation sites (tertiary alicyclic amines) is 1. The van der Waals surface area contributed by atoms with Gasteiger partial charge >= 0.3 is 0 Å². The van der Waals surface area contributed by atoms with Crippen LogP contribution in [0.1, 0.15) is 58.4 Å². The van der Waals surface area contributed by atoms with Crippen LogP contribution in [0.5, 0.6) is 17.2 Å². The number of ether oxygens (including phenoxy) is 4. The van der Waals surface area contributed by atoms with Crippen molar-refractivity contribution in [2.45, 2.75) is 50.7 Å². The number of benzene rings is 2. The Labute approximate surface area is 346 Å². The fourth-order valence-corrected chi connectivity index (χ4v) is 9.37. The smallest absolute Gasteiger partial charge is 0.262 e. The summed E-state index contributed by atoms with van der Waals surface area (Å²) in [4.78, 5) is 85.5. The SMILES string of the molecule is COc1cc(-c2cn(C)c(=O)c3cnccc23)cc(OC)c1CN(C)C1CCC2CN(C(=O)CCOCCOc3ccc4c(c3)C(=O)N(C3CCC(=O)NC3=O)C4=O)CC21. The van der Waals surface area contributed by atoms with Gasteiger partial charge in [0.15, 0.2) is 0 Å². The third-order valence-corrected chi connectivity index (χ3v) is 12.4. The molecule has 1 N–H and O–H groups in total. The van der Waals surface area contributed by atoms with E-state index >= 15 is 0 Å². The number of imide groups is 2. The summed E-state index contributed by atoms with van der Waals surface area (Å²) in [5, 5.41) is 3.53. The van der Waals surface area contributed by atoms with Crippen LogP contribution in [0.25, 0.3) is 21.9 Å². The van der Waals surface area contributed by atoms with Crippen molar-refractivity contribution in [3.05, 3.63) is 82.0 Å². The average Bonchev–Trinajstić information content (AvgIpc) is 3.92. The number of pyridine rings is 2. The highest BCUT2D eigenvalue weighted by Gasteiger charge is 2.46. The second-order valence-corrected chi connectivity index (χ2v) is 15.9. The molecule has 4 aliphatic rings. The Hall–Kier alpha value is -6.13. The normalized spacial score (nSPS) is 21.1. The quantitative estimate of drug-likeness (QED) is 0.145. The average molecular weight is 821 g/mol. The highest BCUT2D eigenvalue weighted by molar-refractivity contribution is 6.23. The largest absolute Gasteiger partial charge is 0.496 e. The number of piperidine rings is 1. The number of nitrogens with one attached hydrogen (secondary N) is 1. The first-order valence-electron chi connectivity index (χ1n) is 20.2. The Kier molecular flexibility index (Phi) is 11.4. The van der Waals surface area contributed by atoms with Gasteiger partial charge in [-0.2, -0.15) is 0 Å². The molecular weight excluding hydrogens is 773 g/mol. The van der Waals surface area contributed by atoms with Crippen LogP contribution >= 0.6 is 0 Å². The fourth-order valence-electron chi connectivity index (χ4n) is 9.37. The zero-order valence-corrected chi connectivity index (χ0v) is 34.1. The standard InChI is InChI=1S/C44H48N6O10/c1-47(23-34-37(57-3)17-26(18-38(34)58-4)32-22-48(2)42(54)31-20-45-13-11-28(31)32)35-8-5-25-21-49(24-33(25)35)40(52)12-14-59-15-16-60-27-6-7-29-30(19-27)44(56)50(43(29)55)36-9-10-39(51)46-41(36)53/h6-7,11,13,17-20,22,25,33,35-36H,5,8-10,12,14-16,21,23-24H2,1-4H3,(H,46,51,53). The molecule has 5 heterocycles. The number of carbonyl (C=O) groups is 5. The number of nitrogens with zero attached hydrogens (tertiary/aromatic N) is 5. The summed E-state index contributed by atoms with van der Waals surface area (Å²) in [5.41, 5.74) is 2.85. The van der Waals surface area contributed by atoms with E-state index in [2.05, 4.69) is 22.2 Å². The molecule has 4 aromatic rings. The van der Waals surface area contributed by atoms with E-state index in [1.165, 1.54) is 12.1 Å². The lowest BCUT2D eigenvalue weighted by molar-refractivity contribution is -0.136. The van der Waals surface area contributed by atoms with E-state index in [1.807, 2.05) is 29.3 Å². The van der Waals surface area contributed by atoms with Gasteiger partial charge in [0.1, 0.15) is 29.9 Å². The summed E-state index contributed by atoms with van der Waals surface area (Å²) in [6, 6.07) is 9.61. The molecular formula is C44H48N6O10. The van der Waals surface area contributed by atoms with E-state index in [0.717, 1.165) is 46.4 Å². The van der Waals surface area contributed by atoms with Crippen molar-refractivity contribution in [2.24, 2.45) is 18.9 Å². The molecule has 5 amide bonds. The van der Waals surface area contributed by atoms with Gasteiger partial charge in [-0.05, 0) is 85.5 Å². The Morgan fingerprint density at radius 1 is 0.883 bits per heavy atom. The zero-order chi connectivity index (χ0) is 42.2. The summed E-state index contributed by atoms with van der Waals surface area (Å²) in [5.74, 6) is 0.263. The van der Waals surface area contributed by atoms with E-state index in [1.54, 1.807) is 44.3 Å². The minimum absolute atomic E-state index is 0.0464. The van der Waals surface area contributed by atoms with Crippen molar-refractivity contribution in [2.75, 3.05) is 54.2 Å². The van der Waals surface area contributed by atoms with Crippen molar-refractivity contribution in [1.82, 2.24) is 29.6 Å². The molecule has 0 spiro atoms. The molecule has 1 saturated carbocycles. The van der Waals surface area contributed by atoms with Gasteiger partial charge in [-0.25, -0.2) is 0 Å². The number of carbonyl (C=O) groups excluding carboxylic acids is 5. The molecule has 16 nitrogen and oxygen atoms in total. The zero-order valence-electron chi connectivity index (χ0n) is 34.1.